The zero-order valence-corrected chi connectivity index (χ0v) is 18.1. The van der Waals surface area contributed by atoms with Gasteiger partial charge in [0.25, 0.3) is 0 Å². The molecule has 3 heterocycles. The van der Waals surface area contributed by atoms with Crippen LogP contribution in [0.5, 0.6) is 0 Å². The van der Waals surface area contributed by atoms with Crippen molar-refractivity contribution in [3.8, 4) is 10.4 Å². The van der Waals surface area contributed by atoms with E-state index in [-0.39, 0.29) is 18.2 Å². The van der Waals surface area contributed by atoms with E-state index in [0.29, 0.717) is 5.92 Å². The van der Waals surface area contributed by atoms with Gasteiger partial charge >= 0.3 is 0 Å². The Morgan fingerprint density at radius 3 is 2.79 bits per heavy atom. The number of hydrogen-bond acceptors (Lipinski definition) is 5. The molecule has 1 aliphatic heterocycles. The lowest BCUT2D eigenvalue weighted by Gasteiger charge is -2.15. The molecule has 1 aliphatic rings. The maximum absolute atomic E-state index is 13.1. The second kappa shape index (κ2) is 10.1. The third-order valence-electron chi connectivity index (χ3n) is 5.25. The number of nitrogens with zero attached hydrogens (tertiary/aromatic N) is 3. The number of pyridine rings is 1. The molecule has 4 nitrogen and oxygen atoms in total. The van der Waals surface area contributed by atoms with Crippen molar-refractivity contribution in [3.63, 3.8) is 0 Å². The van der Waals surface area contributed by atoms with Crippen molar-refractivity contribution in [2.75, 3.05) is 25.5 Å². The molecule has 2 aromatic heterocycles. The summed E-state index contributed by atoms with van der Waals surface area (Å²) in [4.78, 5) is 12.7. The maximum Gasteiger partial charge on any atom is 0.188 e. The molecule has 1 saturated heterocycles. The lowest BCUT2D eigenvalue weighted by molar-refractivity contribution is 0.341. The Balaban J connectivity index is 0.00000240. The number of anilines is 2. The first-order valence-electron chi connectivity index (χ1n) is 9.79. The largest absolute Gasteiger partial charge is 0.316 e. The molecule has 0 aliphatic carbocycles. The standard InChI is InChI=1S/C22H25FN4S.ClH/c1-27-12-3-4-16(11-13-27)14-19-5-2-6-21(25-19)26-22-24-15-20(28-22)17-7-9-18(23)10-8-17;/h2,5-10,15-16H,3-4,11-14H2,1H3,(H,24,25,26);1H. The van der Waals surface area contributed by atoms with E-state index in [9.17, 15) is 4.39 Å². The van der Waals surface area contributed by atoms with Gasteiger partial charge in [-0.1, -0.05) is 29.5 Å². The molecule has 1 aromatic carbocycles. The lowest BCUT2D eigenvalue weighted by Crippen LogP contribution is -2.19. The van der Waals surface area contributed by atoms with Gasteiger partial charge in [0.2, 0.25) is 0 Å². The third kappa shape index (κ3) is 5.98. The van der Waals surface area contributed by atoms with Gasteiger partial charge in [-0.2, -0.15) is 0 Å². The number of thiazole rings is 1. The van der Waals surface area contributed by atoms with E-state index in [1.165, 1.54) is 44.5 Å². The van der Waals surface area contributed by atoms with Crippen molar-refractivity contribution in [1.29, 1.82) is 0 Å². The number of benzene rings is 1. The smallest absolute Gasteiger partial charge is 0.188 e. The van der Waals surface area contributed by atoms with E-state index in [2.05, 4.69) is 34.4 Å². The van der Waals surface area contributed by atoms with Gasteiger partial charge in [-0.05, 0) is 81.6 Å². The minimum absolute atomic E-state index is 0. The molecule has 1 unspecified atom stereocenters. The lowest BCUT2D eigenvalue weighted by atomic mass is 9.95. The van der Waals surface area contributed by atoms with Gasteiger partial charge in [-0.15, -0.1) is 12.4 Å². The third-order valence-corrected chi connectivity index (χ3v) is 6.21. The quantitative estimate of drug-likeness (QED) is 0.554. The Labute approximate surface area is 181 Å². The van der Waals surface area contributed by atoms with Crippen LogP contribution in [0.2, 0.25) is 0 Å². The summed E-state index contributed by atoms with van der Waals surface area (Å²) in [5.41, 5.74) is 2.10. The summed E-state index contributed by atoms with van der Waals surface area (Å²) < 4.78 is 13.1. The van der Waals surface area contributed by atoms with Gasteiger partial charge in [0.05, 0.1) is 4.88 Å². The molecule has 7 heteroatoms. The van der Waals surface area contributed by atoms with Crippen molar-refractivity contribution in [2.24, 2.45) is 5.92 Å². The van der Waals surface area contributed by atoms with Gasteiger partial charge in [-0.25, -0.2) is 14.4 Å². The van der Waals surface area contributed by atoms with Crippen LogP contribution >= 0.6 is 23.7 Å². The van der Waals surface area contributed by atoms with E-state index in [0.717, 1.165) is 33.5 Å². The minimum atomic E-state index is -0.229. The molecule has 29 heavy (non-hydrogen) atoms. The van der Waals surface area contributed by atoms with Crippen LogP contribution in [0, 0.1) is 11.7 Å². The summed E-state index contributed by atoms with van der Waals surface area (Å²) in [6.07, 6.45) is 6.62. The predicted molar refractivity (Wildman–Crippen MR) is 121 cm³/mol. The van der Waals surface area contributed by atoms with E-state index in [4.69, 9.17) is 4.98 Å². The Bertz CT molecular complexity index is 915. The molecule has 0 amide bonds. The zero-order valence-electron chi connectivity index (χ0n) is 16.5. The molecule has 0 saturated carbocycles. The number of aromatic nitrogens is 2. The Morgan fingerprint density at radius 2 is 1.97 bits per heavy atom. The van der Waals surface area contributed by atoms with E-state index in [1.807, 2.05) is 12.3 Å². The van der Waals surface area contributed by atoms with Crippen LogP contribution in [0.1, 0.15) is 25.0 Å². The highest BCUT2D eigenvalue weighted by Crippen LogP contribution is 2.30. The van der Waals surface area contributed by atoms with Crippen LogP contribution in [0.4, 0.5) is 15.3 Å². The average Bonchev–Trinajstić information content (AvgIpc) is 3.05. The van der Waals surface area contributed by atoms with Gasteiger partial charge < -0.3 is 10.2 Å². The number of likely N-dealkylation sites (tertiary alicyclic amines) is 1. The van der Waals surface area contributed by atoms with Crippen LogP contribution in [0.3, 0.4) is 0 Å². The fourth-order valence-corrected chi connectivity index (χ4v) is 4.49. The highest BCUT2D eigenvalue weighted by atomic mass is 35.5. The van der Waals surface area contributed by atoms with Gasteiger partial charge in [0.1, 0.15) is 11.6 Å². The fourth-order valence-electron chi connectivity index (χ4n) is 3.66. The molecule has 3 aromatic rings. The summed E-state index contributed by atoms with van der Waals surface area (Å²) in [5, 5.41) is 4.11. The van der Waals surface area contributed by atoms with Crippen molar-refractivity contribution >= 4 is 34.7 Å². The second-order valence-electron chi connectivity index (χ2n) is 7.48. The molecule has 1 fully saturated rings. The van der Waals surface area contributed by atoms with Gasteiger partial charge in [0.15, 0.2) is 5.13 Å². The SMILES string of the molecule is CN1CCCC(Cc2cccc(Nc3ncc(-c4ccc(F)cc4)s3)n2)CC1.Cl. The van der Waals surface area contributed by atoms with Crippen LogP contribution in [0.25, 0.3) is 10.4 Å². The summed E-state index contributed by atoms with van der Waals surface area (Å²) in [6.45, 7) is 2.37. The first-order valence-corrected chi connectivity index (χ1v) is 10.6. The summed E-state index contributed by atoms with van der Waals surface area (Å²) in [6, 6.07) is 12.6. The fraction of sp³-hybridized carbons (Fsp3) is 0.364. The monoisotopic (exact) mass is 432 g/mol. The Hall–Kier alpha value is -2.02. The molecule has 4 rings (SSSR count). The molecule has 0 spiro atoms. The molecule has 154 valence electrons. The Morgan fingerprint density at radius 1 is 1.14 bits per heavy atom. The summed E-state index contributed by atoms with van der Waals surface area (Å²) in [5.74, 6) is 1.30. The number of rotatable bonds is 5. The second-order valence-corrected chi connectivity index (χ2v) is 8.51. The molecular weight excluding hydrogens is 407 g/mol. The van der Waals surface area contributed by atoms with E-state index in [1.54, 1.807) is 23.5 Å². The van der Waals surface area contributed by atoms with Crippen molar-refractivity contribution in [3.05, 3.63) is 60.2 Å². The van der Waals surface area contributed by atoms with Crippen molar-refractivity contribution in [1.82, 2.24) is 14.9 Å². The zero-order chi connectivity index (χ0) is 19.3. The van der Waals surface area contributed by atoms with E-state index < -0.39 is 0 Å². The number of nitrogens with one attached hydrogen (secondary N) is 1. The minimum Gasteiger partial charge on any atom is -0.316 e. The van der Waals surface area contributed by atoms with E-state index >= 15 is 0 Å². The number of halogens is 2. The van der Waals surface area contributed by atoms with Crippen LogP contribution in [-0.2, 0) is 6.42 Å². The number of hydrogen-bond donors (Lipinski definition) is 1. The van der Waals surface area contributed by atoms with Crippen LogP contribution < -0.4 is 5.32 Å². The highest BCUT2D eigenvalue weighted by molar-refractivity contribution is 7.18. The van der Waals surface area contributed by atoms with Gasteiger partial charge in [0, 0.05) is 11.9 Å². The Kier molecular flexibility index (Phi) is 7.58. The highest BCUT2D eigenvalue weighted by Gasteiger charge is 2.16. The van der Waals surface area contributed by atoms with Crippen LogP contribution in [0.15, 0.2) is 48.7 Å². The topological polar surface area (TPSA) is 41.0 Å². The normalized spacial score (nSPS) is 17.4. The first kappa shape index (κ1) is 21.7. The molecule has 0 radical (unpaired) electrons. The predicted octanol–water partition coefficient (Wildman–Crippen LogP) is 5.78. The van der Waals surface area contributed by atoms with Crippen molar-refractivity contribution < 1.29 is 4.39 Å². The maximum atomic E-state index is 13.1. The molecular formula is C22H26ClFN4S. The molecule has 1 N–H and O–H groups in total. The summed E-state index contributed by atoms with van der Waals surface area (Å²) >= 11 is 1.54. The van der Waals surface area contributed by atoms with Gasteiger partial charge in [-0.3, -0.25) is 0 Å². The summed E-state index contributed by atoms with van der Waals surface area (Å²) in [7, 11) is 2.21. The molecule has 0 bridgehead atoms. The first-order chi connectivity index (χ1) is 13.7. The average molecular weight is 433 g/mol. The van der Waals surface area contributed by atoms with Crippen LogP contribution in [-0.4, -0.2) is 35.0 Å². The van der Waals surface area contributed by atoms with Crippen molar-refractivity contribution in [2.45, 2.75) is 25.7 Å². The molecule has 1 atom stereocenters.